The molecule has 0 aliphatic heterocycles. The lowest BCUT2D eigenvalue weighted by Gasteiger charge is -2.12. The maximum Gasteiger partial charge on any atom is 0.306 e. The summed E-state index contributed by atoms with van der Waals surface area (Å²) < 4.78 is 0. The van der Waals surface area contributed by atoms with Crippen LogP contribution in [0, 0.1) is 5.92 Å². The van der Waals surface area contributed by atoms with Crippen LogP contribution in [0.3, 0.4) is 0 Å². The average molecular weight is 276 g/mol. The van der Waals surface area contributed by atoms with E-state index in [-0.39, 0.29) is 5.92 Å². The molecule has 1 rings (SSSR count). The number of hydrogen-bond acceptors (Lipinski definition) is 1. The van der Waals surface area contributed by atoms with Crippen LogP contribution < -0.4 is 0 Å². The zero-order valence-corrected chi connectivity index (χ0v) is 12.7. The molecule has 0 aromatic heterocycles. The van der Waals surface area contributed by atoms with E-state index in [0.717, 1.165) is 38.5 Å². The Hall–Kier alpha value is -1.31. The number of rotatable bonds is 11. The van der Waals surface area contributed by atoms with Gasteiger partial charge in [-0.1, -0.05) is 69.4 Å². The highest BCUT2D eigenvalue weighted by Gasteiger charge is 2.16. The molecule has 1 aromatic rings. The Morgan fingerprint density at radius 3 is 2.25 bits per heavy atom. The van der Waals surface area contributed by atoms with E-state index in [9.17, 15) is 9.90 Å². The van der Waals surface area contributed by atoms with Crippen molar-refractivity contribution < 1.29 is 9.90 Å². The standard InChI is InChI=1S/C18H28O2/c1-2-3-4-8-14-17(18(19)20)15-10-9-13-16-11-6-5-7-12-16/h5-7,11-12,17H,2-4,8-10,13-15H2,1H3,(H,19,20)/t17-/m1/s1. The lowest BCUT2D eigenvalue weighted by atomic mass is 9.94. The van der Waals surface area contributed by atoms with Crippen LogP contribution in [0.15, 0.2) is 30.3 Å². The zero-order chi connectivity index (χ0) is 14.6. The van der Waals surface area contributed by atoms with Gasteiger partial charge in [-0.25, -0.2) is 0 Å². The van der Waals surface area contributed by atoms with Crippen molar-refractivity contribution in [2.45, 2.75) is 64.7 Å². The minimum absolute atomic E-state index is 0.136. The number of aliphatic carboxylic acids is 1. The van der Waals surface area contributed by atoms with E-state index >= 15 is 0 Å². The number of carboxylic acids is 1. The Morgan fingerprint density at radius 1 is 1.00 bits per heavy atom. The Morgan fingerprint density at radius 2 is 1.65 bits per heavy atom. The van der Waals surface area contributed by atoms with Crippen molar-refractivity contribution in [1.29, 1.82) is 0 Å². The number of unbranched alkanes of at least 4 members (excludes halogenated alkanes) is 4. The summed E-state index contributed by atoms with van der Waals surface area (Å²) in [6.45, 7) is 2.18. The molecule has 0 radical (unpaired) electrons. The zero-order valence-electron chi connectivity index (χ0n) is 12.7. The fourth-order valence-electron chi connectivity index (χ4n) is 2.57. The van der Waals surface area contributed by atoms with Gasteiger partial charge in [0, 0.05) is 0 Å². The second-order valence-corrected chi connectivity index (χ2v) is 5.62. The third-order valence-corrected chi connectivity index (χ3v) is 3.87. The quantitative estimate of drug-likeness (QED) is 0.573. The molecule has 0 saturated carbocycles. The monoisotopic (exact) mass is 276 g/mol. The SMILES string of the molecule is CCCCCC[C@H](CCCCc1ccccc1)C(=O)O. The normalized spacial score (nSPS) is 12.2. The van der Waals surface area contributed by atoms with Gasteiger partial charge in [-0.3, -0.25) is 4.79 Å². The van der Waals surface area contributed by atoms with Gasteiger partial charge in [-0.15, -0.1) is 0 Å². The van der Waals surface area contributed by atoms with Crippen LogP contribution in [0.4, 0.5) is 0 Å². The van der Waals surface area contributed by atoms with E-state index in [0.29, 0.717) is 0 Å². The van der Waals surface area contributed by atoms with Crippen LogP contribution >= 0.6 is 0 Å². The van der Waals surface area contributed by atoms with E-state index in [1.165, 1.54) is 24.8 Å². The summed E-state index contributed by atoms with van der Waals surface area (Å²) in [6, 6.07) is 10.4. The van der Waals surface area contributed by atoms with Gasteiger partial charge in [-0.05, 0) is 31.2 Å². The fraction of sp³-hybridized carbons (Fsp3) is 0.611. The van der Waals surface area contributed by atoms with E-state index in [1.807, 2.05) is 6.07 Å². The van der Waals surface area contributed by atoms with E-state index in [1.54, 1.807) is 0 Å². The predicted molar refractivity (Wildman–Crippen MR) is 83.9 cm³/mol. The molecule has 1 atom stereocenters. The number of aryl methyl sites for hydroxylation is 1. The van der Waals surface area contributed by atoms with Crippen LogP contribution in [0.25, 0.3) is 0 Å². The maximum absolute atomic E-state index is 11.2. The summed E-state index contributed by atoms with van der Waals surface area (Å²) in [6.07, 6.45) is 9.49. The van der Waals surface area contributed by atoms with Gasteiger partial charge < -0.3 is 5.11 Å². The number of hydrogen-bond donors (Lipinski definition) is 1. The summed E-state index contributed by atoms with van der Waals surface area (Å²) >= 11 is 0. The van der Waals surface area contributed by atoms with E-state index in [4.69, 9.17) is 0 Å². The minimum atomic E-state index is -0.610. The molecule has 2 nitrogen and oxygen atoms in total. The summed E-state index contributed by atoms with van der Waals surface area (Å²) in [7, 11) is 0. The van der Waals surface area contributed by atoms with Crippen molar-refractivity contribution in [1.82, 2.24) is 0 Å². The molecule has 0 fully saturated rings. The molecular formula is C18H28O2. The van der Waals surface area contributed by atoms with Gasteiger partial charge in [0.05, 0.1) is 5.92 Å². The van der Waals surface area contributed by atoms with Gasteiger partial charge in [0.2, 0.25) is 0 Å². The Balaban J connectivity index is 2.17. The molecule has 0 amide bonds. The van der Waals surface area contributed by atoms with Gasteiger partial charge in [-0.2, -0.15) is 0 Å². The molecule has 1 aromatic carbocycles. The van der Waals surface area contributed by atoms with E-state index in [2.05, 4.69) is 31.2 Å². The first-order valence-electron chi connectivity index (χ1n) is 8.00. The molecular weight excluding hydrogens is 248 g/mol. The Labute approximate surface area is 123 Å². The van der Waals surface area contributed by atoms with Crippen molar-refractivity contribution in [2.75, 3.05) is 0 Å². The van der Waals surface area contributed by atoms with Crippen LogP contribution in [-0.2, 0) is 11.2 Å². The van der Waals surface area contributed by atoms with Crippen molar-refractivity contribution >= 4 is 5.97 Å². The summed E-state index contributed by atoms with van der Waals surface area (Å²) in [5.74, 6) is -0.746. The lowest BCUT2D eigenvalue weighted by Crippen LogP contribution is -2.13. The van der Waals surface area contributed by atoms with Gasteiger partial charge in [0.1, 0.15) is 0 Å². The van der Waals surface area contributed by atoms with Gasteiger partial charge in [0.15, 0.2) is 0 Å². The number of carboxylic acid groups (broad SMARTS) is 1. The highest BCUT2D eigenvalue weighted by Crippen LogP contribution is 2.18. The van der Waals surface area contributed by atoms with Crippen molar-refractivity contribution in [3.8, 4) is 0 Å². The minimum Gasteiger partial charge on any atom is -0.481 e. The maximum atomic E-state index is 11.2. The molecule has 2 heteroatoms. The van der Waals surface area contributed by atoms with Crippen LogP contribution in [-0.4, -0.2) is 11.1 Å². The molecule has 20 heavy (non-hydrogen) atoms. The lowest BCUT2D eigenvalue weighted by molar-refractivity contribution is -0.142. The summed E-state index contributed by atoms with van der Waals surface area (Å²) in [4.78, 5) is 11.2. The Kier molecular flexibility index (Phi) is 8.77. The molecule has 0 unspecified atom stereocenters. The highest BCUT2D eigenvalue weighted by atomic mass is 16.4. The molecule has 0 aliphatic rings. The van der Waals surface area contributed by atoms with E-state index < -0.39 is 5.97 Å². The average Bonchev–Trinajstić information content (AvgIpc) is 2.46. The Bertz CT molecular complexity index is 359. The van der Waals surface area contributed by atoms with Crippen LogP contribution in [0.1, 0.15) is 63.9 Å². The summed E-state index contributed by atoms with van der Waals surface area (Å²) in [5.41, 5.74) is 1.35. The second kappa shape index (κ2) is 10.5. The molecule has 112 valence electrons. The third kappa shape index (κ3) is 7.32. The van der Waals surface area contributed by atoms with Crippen molar-refractivity contribution in [3.63, 3.8) is 0 Å². The van der Waals surface area contributed by atoms with Crippen LogP contribution in [0.5, 0.6) is 0 Å². The molecule has 0 aliphatic carbocycles. The topological polar surface area (TPSA) is 37.3 Å². The second-order valence-electron chi connectivity index (χ2n) is 5.62. The molecule has 0 spiro atoms. The molecule has 0 heterocycles. The van der Waals surface area contributed by atoms with Crippen molar-refractivity contribution in [3.05, 3.63) is 35.9 Å². The largest absolute Gasteiger partial charge is 0.481 e. The highest BCUT2D eigenvalue weighted by molar-refractivity contribution is 5.69. The summed E-state index contributed by atoms with van der Waals surface area (Å²) in [5, 5.41) is 9.25. The first-order valence-corrected chi connectivity index (χ1v) is 8.00. The van der Waals surface area contributed by atoms with Crippen molar-refractivity contribution in [2.24, 2.45) is 5.92 Å². The molecule has 0 saturated heterocycles. The number of carbonyl (C=O) groups is 1. The fourth-order valence-corrected chi connectivity index (χ4v) is 2.57. The predicted octanol–water partition coefficient (Wildman–Crippen LogP) is 5.07. The third-order valence-electron chi connectivity index (χ3n) is 3.87. The molecule has 0 bridgehead atoms. The molecule has 1 N–H and O–H groups in total. The van der Waals surface area contributed by atoms with Gasteiger partial charge >= 0.3 is 5.97 Å². The van der Waals surface area contributed by atoms with Gasteiger partial charge in [0.25, 0.3) is 0 Å². The first kappa shape index (κ1) is 16.7. The number of benzene rings is 1. The smallest absolute Gasteiger partial charge is 0.306 e. The van der Waals surface area contributed by atoms with Crippen LogP contribution in [0.2, 0.25) is 0 Å². The first-order chi connectivity index (χ1) is 9.74.